The number of hydrogen-bond acceptors (Lipinski definition) is 1. The molecule has 0 bridgehead atoms. The number of rotatable bonds is 5. The maximum absolute atomic E-state index is 13.7. The van der Waals surface area contributed by atoms with Crippen molar-refractivity contribution in [1.82, 2.24) is 5.32 Å². The summed E-state index contributed by atoms with van der Waals surface area (Å²) in [6, 6.07) is 14.6. The molecule has 2 aromatic carbocycles. The highest BCUT2D eigenvalue weighted by Gasteiger charge is 2.17. The van der Waals surface area contributed by atoms with E-state index in [0.717, 1.165) is 12.8 Å². The fraction of sp³-hybridized carbons (Fsp3) is 0.235. The average Bonchev–Trinajstić information content (AvgIpc) is 2.46. The molecule has 2 aromatic rings. The average molecular weight is 350 g/mol. The quantitative estimate of drug-likeness (QED) is 0.854. The van der Waals surface area contributed by atoms with Crippen molar-refractivity contribution in [3.8, 4) is 0 Å². The van der Waals surface area contributed by atoms with Gasteiger partial charge in [-0.2, -0.15) is 0 Å². The van der Waals surface area contributed by atoms with Crippen LogP contribution in [0.5, 0.6) is 0 Å². The van der Waals surface area contributed by atoms with Crippen molar-refractivity contribution in [2.45, 2.75) is 25.8 Å². The lowest BCUT2D eigenvalue weighted by atomic mass is 10.1. The molecule has 4 heteroatoms. The Kier molecular flexibility index (Phi) is 5.51. The monoisotopic (exact) mass is 349 g/mol. The van der Waals surface area contributed by atoms with Crippen molar-refractivity contribution in [3.63, 3.8) is 0 Å². The second kappa shape index (κ2) is 7.36. The van der Waals surface area contributed by atoms with Gasteiger partial charge in [0.1, 0.15) is 5.82 Å². The summed E-state index contributed by atoms with van der Waals surface area (Å²) in [6.07, 6.45) is 1.68. The van der Waals surface area contributed by atoms with Crippen LogP contribution in [0.3, 0.4) is 0 Å². The Labute approximate surface area is 132 Å². The molecule has 1 amide bonds. The molecule has 0 aromatic heterocycles. The number of halogens is 2. The summed E-state index contributed by atoms with van der Waals surface area (Å²) < 4.78 is 14.2. The summed E-state index contributed by atoms with van der Waals surface area (Å²) in [5, 5.41) is 2.84. The van der Waals surface area contributed by atoms with E-state index in [9.17, 15) is 9.18 Å². The van der Waals surface area contributed by atoms with Gasteiger partial charge < -0.3 is 5.32 Å². The number of aryl methyl sites for hydroxylation is 1. The minimum atomic E-state index is -0.517. The van der Waals surface area contributed by atoms with Crippen LogP contribution in [-0.4, -0.2) is 11.9 Å². The molecule has 0 aliphatic heterocycles. The van der Waals surface area contributed by atoms with E-state index >= 15 is 0 Å². The molecule has 0 fully saturated rings. The van der Waals surface area contributed by atoms with Crippen molar-refractivity contribution in [2.24, 2.45) is 0 Å². The zero-order chi connectivity index (χ0) is 15.2. The third-order valence-electron chi connectivity index (χ3n) is 3.28. The van der Waals surface area contributed by atoms with Crippen LogP contribution < -0.4 is 5.32 Å². The molecule has 110 valence electrons. The van der Waals surface area contributed by atoms with Crippen LogP contribution in [0.2, 0.25) is 0 Å². The van der Waals surface area contributed by atoms with Crippen LogP contribution in [-0.2, 0) is 6.42 Å². The van der Waals surface area contributed by atoms with Crippen LogP contribution in [0, 0.1) is 5.82 Å². The Hall–Kier alpha value is -1.68. The molecule has 0 aliphatic rings. The molecule has 2 rings (SSSR count). The van der Waals surface area contributed by atoms with Gasteiger partial charge in [-0.25, -0.2) is 4.39 Å². The highest BCUT2D eigenvalue weighted by Crippen LogP contribution is 2.19. The summed E-state index contributed by atoms with van der Waals surface area (Å²) in [4.78, 5) is 12.1. The first-order valence-corrected chi connectivity index (χ1v) is 7.66. The molecular formula is C17H17BrFNO. The molecular weight excluding hydrogens is 333 g/mol. The van der Waals surface area contributed by atoms with E-state index in [1.165, 1.54) is 11.6 Å². The van der Waals surface area contributed by atoms with Crippen LogP contribution in [0.25, 0.3) is 0 Å². The molecule has 0 saturated heterocycles. The molecule has 0 saturated carbocycles. The minimum absolute atomic E-state index is 0.0239. The lowest BCUT2D eigenvalue weighted by Gasteiger charge is -2.15. The van der Waals surface area contributed by atoms with Crippen molar-refractivity contribution < 1.29 is 9.18 Å². The molecule has 0 aliphatic carbocycles. The van der Waals surface area contributed by atoms with E-state index in [1.807, 2.05) is 25.1 Å². The number of nitrogens with one attached hydrogen (secondary N) is 1. The number of benzene rings is 2. The molecule has 0 radical (unpaired) electrons. The molecule has 2 nitrogen and oxygen atoms in total. The van der Waals surface area contributed by atoms with Crippen molar-refractivity contribution in [3.05, 3.63) is 69.9 Å². The Bertz CT molecular complexity index is 595. The van der Waals surface area contributed by atoms with Crippen LogP contribution in [0.4, 0.5) is 4.39 Å². The van der Waals surface area contributed by atoms with Gasteiger partial charge in [0.15, 0.2) is 0 Å². The Morgan fingerprint density at radius 3 is 2.57 bits per heavy atom. The van der Waals surface area contributed by atoms with Gasteiger partial charge in [0.25, 0.3) is 5.91 Å². The maximum Gasteiger partial charge on any atom is 0.255 e. The Morgan fingerprint density at radius 2 is 1.90 bits per heavy atom. The first kappa shape index (κ1) is 15.7. The predicted octanol–water partition coefficient (Wildman–Crippen LogP) is 4.34. The first-order valence-electron chi connectivity index (χ1n) is 6.86. The molecule has 0 heterocycles. The van der Waals surface area contributed by atoms with Crippen molar-refractivity contribution >= 4 is 21.8 Å². The third-order valence-corrected chi connectivity index (χ3v) is 3.94. The second-order valence-corrected chi connectivity index (χ2v) is 5.85. The van der Waals surface area contributed by atoms with Gasteiger partial charge in [0, 0.05) is 10.5 Å². The highest BCUT2D eigenvalue weighted by atomic mass is 79.9. The van der Waals surface area contributed by atoms with Crippen molar-refractivity contribution in [2.75, 3.05) is 0 Å². The lowest BCUT2D eigenvalue weighted by molar-refractivity contribution is 0.0933. The maximum atomic E-state index is 13.7. The summed E-state index contributed by atoms with van der Waals surface area (Å²) >= 11 is 3.21. The zero-order valence-corrected chi connectivity index (χ0v) is 13.4. The van der Waals surface area contributed by atoms with E-state index < -0.39 is 5.82 Å². The van der Waals surface area contributed by atoms with Gasteiger partial charge in [-0.15, -0.1) is 0 Å². The molecule has 1 N–H and O–H groups in total. The van der Waals surface area contributed by atoms with Crippen LogP contribution in [0.1, 0.15) is 29.3 Å². The first-order chi connectivity index (χ1) is 10.1. The Morgan fingerprint density at radius 1 is 1.19 bits per heavy atom. The molecule has 1 unspecified atom stereocenters. The van der Waals surface area contributed by atoms with Crippen LogP contribution >= 0.6 is 15.9 Å². The number of hydrogen-bond donors (Lipinski definition) is 1. The second-order valence-electron chi connectivity index (χ2n) is 5.00. The molecule has 21 heavy (non-hydrogen) atoms. The summed E-state index contributed by atoms with van der Waals surface area (Å²) in [5.41, 5.74) is 1.29. The largest absolute Gasteiger partial charge is 0.349 e. The smallest absolute Gasteiger partial charge is 0.255 e. The van der Waals surface area contributed by atoms with E-state index in [4.69, 9.17) is 0 Å². The SMILES string of the molecule is CC(CCc1ccccc1)NC(=O)c1c(F)cccc1Br. The normalized spacial score (nSPS) is 12.0. The van der Waals surface area contributed by atoms with Gasteiger partial charge in [0.05, 0.1) is 5.56 Å². The van der Waals surface area contributed by atoms with E-state index in [-0.39, 0.29) is 17.5 Å². The van der Waals surface area contributed by atoms with Crippen LogP contribution in [0.15, 0.2) is 53.0 Å². The van der Waals surface area contributed by atoms with Gasteiger partial charge in [-0.3, -0.25) is 4.79 Å². The third kappa shape index (κ3) is 4.39. The van der Waals surface area contributed by atoms with E-state index in [2.05, 4.69) is 33.4 Å². The van der Waals surface area contributed by atoms with E-state index in [0.29, 0.717) is 4.47 Å². The summed E-state index contributed by atoms with van der Waals surface area (Å²) in [7, 11) is 0. The fourth-order valence-electron chi connectivity index (χ4n) is 2.11. The zero-order valence-electron chi connectivity index (χ0n) is 11.8. The standard InChI is InChI=1S/C17H17BrFNO/c1-12(10-11-13-6-3-2-4-7-13)20-17(21)16-14(18)8-5-9-15(16)19/h2-9,12H,10-11H2,1H3,(H,20,21). The minimum Gasteiger partial charge on any atom is -0.349 e. The fourth-order valence-corrected chi connectivity index (χ4v) is 2.63. The van der Waals surface area contributed by atoms with E-state index in [1.54, 1.807) is 12.1 Å². The number of carbonyl (C=O) groups is 1. The van der Waals surface area contributed by atoms with Gasteiger partial charge in [-0.1, -0.05) is 36.4 Å². The predicted molar refractivity (Wildman–Crippen MR) is 85.8 cm³/mol. The molecule has 0 spiro atoms. The van der Waals surface area contributed by atoms with Gasteiger partial charge in [-0.05, 0) is 53.4 Å². The van der Waals surface area contributed by atoms with Gasteiger partial charge >= 0.3 is 0 Å². The molecule has 1 atom stereocenters. The summed E-state index contributed by atoms with van der Waals surface area (Å²) in [6.45, 7) is 1.93. The number of amides is 1. The van der Waals surface area contributed by atoms with Crippen molar-refractivity contribution in [1.29, 1.82) is 0 Å². The highest BCUT2D eigenvalue weighted by molar-refractivity contribution is 9.10. The topological polar surface area (TPSA) is 29.1 Å². The number of carbonyl (C=O) groups excluding carboxylic acids is 1. The summed E-state index contributed by atoms with van der Waals surface area (Å²) in [5.74, 6) is -0.905. The van der Waals surface area contributed by atoms with Gasteiger partial charge in [0.2, 0.25) is 0 Å². The lowest BCUT2D eigenvalue weighted by Crippen LogP contribution is -2.33. The Balaban J connectivity index is 1.93.